The van der Waals surface area contributed by atoms with Crippen molar-refractivity contribution >= 4 is 35.0 Å². The number of hydrogen-bond donors (Lipinski definition) is 1. The predicted octanol–water partition coefficient (Wildman–Crippen LogP) is 3.76. The zero-order chi connectivity index (χ0) is 17.4. The molecule has 1 atom stereocenters. The number of fused-ring (bicyclic) bond motifs is 2. The van der Waals surface area contributed by atoms with Gasteiger partial charge in [-0.15, -0.1) is 23.1 Å². The molecule has 1 saturated heterocycles. The largest absolute Gasteiger partial charge is 0.325 e. The van der Waals surface area contributed by atoms with E-state index in [1.54, 1.807) is 29.5 Å². The van der Waals surface area contributed by atoms with Crippen LogP contribution >= 0.6 is 23.1 Å². The van der Waals surface area contributed by atoms with Crippen LogP contribution in [0.2, 0.25) is 0 Å². The molecule has 2 aliphatic rings. The van der Waals surface area contributed by atoms with E-state index in [0.29, 0.717) is 17.1 Å². The quantitative estimate of drug-likeness (QED) is 0.653. The Labute approximate surface area is 153 Å². The van der Waals surface area contributed by atoms with E-state index in [9.17, 15) is 14.0 Å². The second-order valence-corrected chi connectivity index (χ2v) is 8.32. The van der Waals surface area contributed by atoms with Crippen LogP contribution in [0.3, 0.4) is 0 Å². The molecule has 130 valence electrons. The number of carbonyl (C=O) groups excluding carboxylic acids is 2. The van der Waals surface area contributed by atoms with Crippen molar-refractivity contribution in [1.82, 2.24) is 10.2 Å². The molecule has 2 heterocycles. The number of thiophene rings is 1. The van der Waals surface area contributed by atoms with Crippen molar-refractivity contribution in [3.05, 3.63) is 52.0 Å². The summed E-state index contributed by atoms with van der Waals surface area (Å²) in [6, 6.07) is 8.13. The maximum Gasteiger partial charge on any atom is 0.325 e. The fourth-order valence-corrected chi connectivity index (χ4v) is 5.43. The molecular formula is C18H17FN2O2S2. The van der Waals surface area contributed by atoms with Crippen molar-refractivity contribution < 1.29 is 14.0 Å². The number of rotatable bonds is 4. The molecule has 1 aromatic carbocycles. The first-order valence-electron chi connectivity index (χ1n) is 8.20. The Balaban J connectivity index is 1.49. The SMILES string of the molecule is O=C1N[C@@]2(CCCc3sccc32)C(=O)N1CCSc1ccccc1F. The topological polar surface area (TPSA) is 49.4 Å². The van der Waals surface area contributed by atoms with E-state index in [4.69, 9.17) is 0 Å². The van der Waals surface area contributed by atoms with Gasteiger partial charge in [0.15, 0.2) is 0 Å². The lowest BCUT2D eigenvalue weighted by Crippen LogP contribution is -2.46. The highest BCUT2D eigenvalue weighted by Gasteiger charge is 2.54. The summed E-state index contributed by atoms with van der Waals surface area (Å²) < 4.78 is 13.7. The molecule has 1 N–H and O–H groups in total. The van der Waals surface area contributed by atoms with Gasteiger partial charge in [-0.2, -0.15) is 0 Å². The first-order chi connectivity index (χ1) is 12.1. The number of carbonyl (C=O) groups is 2. The van der Waals surface area contributed by atoms with Crippen LogP contribution in [0.25, 0.3) is 0 Å². The maximum atomic E-state index is 13.7. The average Bonchev–Trinajstić information content (AvgIpc) is 3.17. The Morgan fingerprint density at radius 1 is 1.28 bits per heavy atom. The third kappa shape index (κ3) is 2.75. The van der Waals surface area contributed by atoms with Gasteiger partial charge in [-0.3, -0.25) is 9.69 Å². The van der Waals surface area contributed by atoms with E-state index in [-0.39, 0.29) is 24.3 Å². The number of hydrogen-bond acceptors (Lipinski definition) is 4. The third-order valence-electron chi connectivity index (χ3n) is 4.75. The molecule has 3 amide bonds. The summed E-state index contributed by atoms with van der Waals surface area (Å²) in [6.45, 7) is 0.269. The van der Waals surface area contributed by atoms with Gasteiger partial charge in [0.2, 0.25) is 0 Å². The summed E-state index contributed by atoms with van der Waals surface area (Å²) in [7, 11) is 0. The average molecular weight is 376 g/mol. The van der Waals surface area contributed by atoms with Gasteiger partial charge in [-0.25, -0.2) is 9.18 Å². The molecule has 4 nitrogen and oxygen atoms in total. The predicted molar refractivity (Wildman–Crippen MR) is 96.3 cm³/mol. The van der Waals surface area contributed by atoms with Crippen LogP contribution in [0.5, 0.6) is 0 Å². The maximum absolute atomic E-state index is 13.7. The zero-order valence-electron chi connectivity index (χ0n) is 13.5. The van der Waals surface area contributed by atoms with E-state index >= 15 is 0 Å². The molecular weight excluding hydrogens is 359 g/mol. The van der Waals surface area contributed by atoms with Crippen LogP contribution in [0.1, 0.15) is 23.3 Å². The number of urea groups is 1. The van der Waals surface area contributed by atoms with Crippen LogP contribution in [0, 0.1) is 5.82 Å². The number of imide groups is 1. The number of thioether (sulfide) groups is 1. The number of benzene rings is 1. The van der Waals surface area contributed by atoms with Gasteiger partial charge in [0, 0.05) is 27.6 Å². The number of nitrogens with zero attached hydrogens (tertiary/aromatic N) is 1. The summed E-state index contributed by atoms with van der Waals surface area (Å²) in [5, 5.41) is 4.91. The van der Waals surface area contributed by atoms with Crippen molar-refractivity contribution in [3.8, 4) is 0 Å². The Bertz CT molecular complexity index is 838. The van der Waals surface area contributed by atoms with E-state index in [1.807, 2.05) is 11.4 Å². The molecule has 1 fully saturated rings. The Morgan fingerprint density at radius 3 is 2.96 bits per heavy atom. The third-order valence-corrected chi connectivity index (χ3v) is 6.76. The molecule has 25 heavy (non-hydrogen) atoms. The summed E-state index contributed by atoms with van der Waals surface area (Å²) >= 11 is 2.95. The van der Waals surface area contributed by atoms with Gasteiger partial charge in [0.25, 0.3) is 5.91 Å². The van der Waals surface area contributed by atoms with Crippen molar-refractivity contribution in [2.24, 2.45) is 0 Å². The standard InChI is InChI=1S/C18H17FN2O2S2/c19-13-4-1-2-5-15(13)25-11-9-21-16(22)18(20-17(21)23)8-3-6-14-12(18)7-10-24-14/h1-2,4-5,7,10H,3,6,8-9,11H2,(H,20,23)/t18-/m1/s1. The van der Waals surface area contributed by atoms with Crippen LogP contribution < -0.4 is 5.32 Å². The van der Waals surface area contributed by atoms with E-state index in [1.165, 1.54) is 27.6 Å². The second kappa shape index (κ2) is 6.46. The lowest BCUT2D eigenvalue weighted by Gasteiger charge is -2.31. The van der Waals surface area contributed by atoms with E-state index in [2.05, 4.69) is 5.32 Å². The van der Waals surface area contributed by atoms with Crippen LogP contribution in [-0.4, -0.2) is 29.1 Å². The fraction of sp³-hybridized carbons (Fsp3) is 0.333. The minimum atomic E-state index is -0.896. The van der Waals surface area contributed by atoms with Crippen molar-refractivity contribution in [2.75, 3.05) is 12.3 Å². The smallest absolute Gasteiger partial charge is 0.319 e. The second-order valence-electron chi connectivity index (χ2n) is 6.18. The summed E-state index contributed by atoms with van der Waals surface area (Å²) in [5.74, 6) is 0.00879. The van der Waals surface area contributed by atoms with Crippen molar-refractivity contribution in [2.45, 2.75) is 29.7 Å². The Kier molecular flexibility index (Phi) is 4.29. The first kappa shape index (κ1) is 16.6. The molecule has 1 aliphatic heterocycles. The molecule has 7 heteroatoms. The highest BCUT2D eigenvalue weighted by atomic mass is 32.2. The molecule has 2 aromatic rings. The van der Waals surface area contributed by atoms with Gasteiger partial charge in [-0.05, 0) is 42.8 Å². The van der Waals surface area contributed by atoms with Gasteiger partial charge in [-0.1, -0.05) is 12.1 Å². The van der Waals surface area contributed by atoms with Gasteiger partial charge >= 0.3 is 6.03 Å². The minimum Gasteiger partial charge on any atom is -0.319 e. The van der Waals surface area contributed by atoms with E-state index in [0.717, 1.165) is 18.4 Å². The number of amides is 3. The van der Waals surface area contributed by atoms with E-state index < -0.39 is 5.54 Å². The van der Waals surface area contributed by atoms with Crippen LogP contribution in [-0.2, 0) is 16.8 Å². The van der Waals surface area contributed by atoms with Crippen LogP contribution in [0.4, 0.5) is 9.18 Å². The molecule has 1 aliphatic carbocycles. The molecule has 0 unspecified atom stereocenters. The zero-order valence-corrected chi connectivity index (χ0v) is 15.1. The normalized spacial score (nSPS) is 22.4. The minimum absolute atomic E-state index is 0.175. The lowest BCUT2D eigenvalue weighted by molar-refractivity contribution is -0.132. The summed E-state index contributed by atoms with van der Waals surface area (Å²) in [4.78, 5) is 28.4. The van der Waals surface area contributed by atoms with Gasteiger partial charge < -0.3 is 5.32 Å². The van der Waals surface area contributed by atoms with Crippen LogP contribution in [0.15, 0.2) is 40.6 Å². The molecule has 0 bridgehead atoms. The molecule has 0 saturated carbocycles. The fourth-order valence-electron chi connectivity index (χ4n) is 3.55. The molecule has 0 radical (unpaired) electrons. The van der Waals surface area contributed by atoms with Gasteiger partial charge in [0.05, 0.1) is 0 Å². The lowest BCUT2D eigenvalue weighted by atomic mass is 9.80. The number of halogens is 1. The Hall–Kier alpha value is -1.86. The van der Waals surface area contributed by atoms with Gasteiger partial charge in [0.1, 0.15) is 11.4 Å². The summed E-state index contributed by atoms with van der Waals surface area (Å²) in [5.41, 5.74) is 0.0548. The first-order valence-corrected chi connectivity index (χ1v) is 10.1. The van der Waals surface area contributed by atoms with Crippen molar-refractivity contribution in [1.29, 1.82) is 0 Å². The highest BCUT2D eigenvalue weighted by Crippen LogP contribution is 2.42. The molecule has 1 spiro atoms. The monoisotopic (exact) mass is 376 g/mol. The van der Waals surface area contributed by atoms with Crippen molar-refractivity contribution in [3.63, 3.8) is 0 Å². The summed E-state index contributed by atoms with van der Waals surface area (Å²) in [6.07, 6.45) is 2.48. The number of aryl methyl sites for hydroxylation is 1. The highest BCUT2D eigenvalue weighted by molar-refractivity contribution is 7.99. The molecule has 4 rings (SSSR count). The Morgan fingerprint density at radius 2 is 2.12 bits per heavy atom. The number of nitrogens with one attached hydrogen (secondary N) is 1. The molecule has 1 aromatic heterocycles.